The van der Waals surface area contributed by atoms with E-state index in [1.165, 1.54) is 32.4 Å². The molecule has 180 valence electrons. The molecule has 1 atom stereocenters. The maximum Gasteiger partial charge on any atom is 0.264 e. The van der Waals surface area contributed by atoms with Gasteiger partial charge >= 0.3 is 0 Å². The minimum Gasteiger partial charge on any atom is -0.338 e. The molecule has 1 heterocycles. The fraction of sp³-hybridized carbons (Fsp3) is 0.409. The second-order valence-corrected chi connectivity index (χ2v) is 11.8. The first-order valence-electron chi connectivity index (χ1n) is 10.5. The van der Waals surface area contributed by atoms with Crippen molar-refractivity contribution in [3.05, 3.63) is 59.7 Å². The topological polar surface area (TPSA) is 113 Å². The number of likely N-dealkylation sites (tertiary alicyclic amines) is 1. The molecular weight excluding hydrogens is 466 g/mol. The van der Waals surface area contributed by atoms with Gasteiger partial charge < -0.3 is 4.90 Å². The van der Waals surface area contributed by atoms with Crippen LogP contribution in [0.4, 0.5) is 0 Å². The van der Waals surface area contributed by atoms with Crippen LogP contribution in [0, 0.1) is 12.8 Å². The number of carbonyl (C=O) groups excluding carboxylic acids is 1. The van der Waals surface area contributed by atoms with E-state index in [0.29, 0.717) is 13.1 Å². The third-order valence-corrected chi connectivity index (χ3v) is 8.79. The van der Waals surface area contributed by atoms with Gasteiger partial charge in [0.25, 0.3) is 15.9 Å². The number of amides is 1. The highest BCUT2D eigenvalue weighted by Gasteiger charge is 2.27. The van der Waals surface area contributed by atoms with Gasteiger partial charge in [0.2, 0.25) is 10.0 Å². The van der Waals surface area contributed by atoms with Crippen LogP contribution in [-0.4, -0.2) is 65.9 Å². The summed E-state index contributed by atoms with van der Waals surface area (Å²) in [5.41, 5.74) is 1.22. The number of piperidine rings is 1. The van der Waals surface area contributed by atoms with Gasteiger partial charge in [-0.1, -0.05) is 28.2 Å². The standard InChI is InChI=1S/C22H29N3O6S2/c1-17-9-11-20(12-10-17)32(27,28)23-15-18-6-5-13-25(16-18)22(26)19-7-4-8-21(14-19)33(29,30)24(2)31-3/h4,7-12,14,18,23H,5-6,13,15-16H2,1-3H3. The number of benzene rings is 2. The van der Waals surface area contributed by atoms with E-state index in [0.717, 1.165) is 22.9 Å². The average Bonchev–Trinajstić information content (AvgIpc) is 2.82. The van der Waals surface area contributed by atoms with Crippen LogP contribution < -0.4 is 4.72 Å². The van der Waals surface area contributed by atoms with Gasteiger partial charge in [-0.25, -0.2) is 21.6 Å². The molecule has 1 unspecified atom stereocenters. The molecule has 1 saturated heterocycles. The van der Waals surface area contributed by atoms with Crippen molar-refractivity contribution in [1.82, 2.24) is 14.1 Å². The fourth-order valence-corrected chi connectivity index (χ4v) is 5.80. The number of hydroxylamine groups is 1. The molecule has 2 aromatic carbocycles. The molecule has 1 fully saturated rings. The number of carbonyl (C=O) groups is 1. The van der Waals surface area contributed by atoms with Crippen molar-refractivity contribution < 1.29 is 26.5 Å². The molecule has 1 N–H and O–H groups in total. The summed E-state index contributed by atoms with van der Waals surface area (Å²) in [7, 11) is -4.99. The molecule has 1 amide bonds. The van der Waals surface area contributed by atoms with Gasteiger partial charge in [-0.2, -0.15) is 0 Å². The molecule has 0 radical (unpaired) electrons. The monoisotopic (exact) mass is 495 g/mol. The summed E-state index contributed by atoms with van der Waals surface area (Å²) in [6.07, 6.45) is 1.51. The Hall–Kier alpha value is -2.31. The summed E-state index contributed by atoms with van der Waals surface area (Å²) in [6.45, 7) is 3.00. The lowest BCUT2D eigenvalue weighted by Crippen LogP contribution is -2.43. The molecule has 1 aliphatic rings. The highest BCUT2D eigenvalue weighted by molar-refractivity contribution is 7.89. The normalized spacial score (nSPS) is 17.3. The van der Waals surface area contributed by atoms with E-state index in [-0.39, 0.29) is 33.7 Å². The van der Waals surface area contributed by atoms with Crippen molar-refractivity contribution in [3.63, 3.8) is 0 Å². The number of rotatable bonds is 8. The summed E-state index contributed by atoms with van der Waals surface area (Å²) < 4.78 is 53.5. The van der Waals surface area contributed by atoms with Crippen molar-refractivity contribution in [2.45, 2.75) is 29.6 Å². The SMILES string of the molecule is CON(C)S(=O)(=O)c1cccc(C(=O)N2CCCC(CNS(=O)(=O)c3ccc(C)cc3)C2)c1. The largest absolute Gasteiger partial charge is 0.338 e. The molecule has 0 bridgehead atoms. The van der Waals surface area contributed by atoms with E-state index in [1.54, 1.807) is 35.2 Å². The Labute approximate surface area is 195 Å². The van der Waals surface area contributed by atoms with Crippen molar-refractivity contribution in [2.24, 2.45) is 5.92 Å². The smallest absolute Gasteiger partial charge is 0.264 e. The molecule has 2 aromatic rings. The third-order valence-electron chi connectivity index (χ3n) is 5.67. The van der Waals surface area contributed by atoms with E-state index in [1.807, 2.05) is 6.92 Å². The highest BCUT2D eigenvalue weighted by Crippen LogP contribution is 2.21. The van der Waals surface area contributed by atoms with Crippen LogP contribution in [0.2, 0.25) is 0 Å². The Balaban J connectivity index is 1.67. The van der Waals surface area contributed by atoms with Gasteiger partial charge in [0.15, 0.2) is 0 Å². The Kier molecular flexibility index (Phi) is 7.91. The van der Waals surface area contributed by atoms with Crippen molar-refractivity contribution in [1.29, 1.82) is 0 Å². The first-order valence-corrected chi connectivity index (χ1v) is 13.5. The first-order chi connectivity index (χ1) is 15.5. The van der Waals surface area contributed by atoms with E-state index in [4.69, 9.17) is 4.84 Å². The number of hydrogen-bond donors (Lipinski definition) is 1. The van der Waals surface area contributed by atoms with Crippen molar-refractivity contribution in [2.75, 3.05) is 33.8 Å². The number of nitrogens with zero attached hydrogens (tertiary/aromatic N) is 2. The molecule has 0 saturated carbocycles. The first kappa shape index (κ1) is 25.3. The lowest BCUT2D eigenvalue weighted by Gasteiger charge is -2.33. The summed E-state index contributed by atoms with van der Waals surface area (Å²) in [5.74, 6) is -0.340. The van der Waals surface area contributed by atoms with Crippen molar-refractivity contribution in [3.8, 4) is 0 Å². The van der Waals surface area contributed by atoms with Crippen LogP contribution in [0.25, 0.3) is 0 Å². The van der Waals surface area contributed by atoms with Gasteiger partial charge in [0, 0.05) is 32.2 Å². The molecule has 0 spiro atoms. The lowest BCUT2D eigenvalue weighted by atomic mass is 9.97. The van der Waals surface area contributed by atoms with Gasteiger partial charge in [-0.05, 0) is 56.0 Å². The Bertz CT molecular complexity index is 1200. The Morgan fingerprint density at radius 2 is 1.82 bits per heavy atom. The second-order valence-electron chi connectivity index (χ2n) is 8.05. The minimum absolute atomic E-state index is 0.0443. The molecule has 9 nitrogen and oxygen atoms in total. The van der Waals surface area contributed by atoms with Gasteiger partial charge in [0.05, 0.1) is 16.9 Å². The summed E-state index contributed by atoms with van der Waals surface area (Å²) in [5, 5.41) is 0. The van der Waals surface area contributed by atoms with E-state index >= 15 is 0 Å². The summed E-state index contributed by atoms with van der Waals surface area (Å²) >= 11 is 0. The minimum atomic E-state index is -3.88. The average molecular weight is 496 g/mol. The zero-order valence-electron chi connectivity index (χ0n) is 18.9. The second kappa shape index (κ2) is 10.3. The van der Waals surface area contributed by atoms with Gasteiger partial charge in [0.1, 0.15) is 0 Å². The number of hydrogen-bond acceptors (Lipinski definition) is 6. The van der Waals surface area contributed by atoms with Crippen LogP contribution in [0.3, 0.4) is 0 Å². The summed E-state index contributed by atoms with van der Waals surface area (Å²) in [4.78, 5) is 19.7. The molecule has 33 heavy (non-hydrogen) atoms. The number of nitrogens with one attached hydrogen (secondary N) is 1. The summed E-state index contributed by atoms with van der Waals surface area (Å²) in [6, 6.07) is 12.4. The molecule has 0 aliphatic carbocycles. The lowest BCUT2D eigenvalue weighted by molar-refractivity contribution is -0.0258. The molecule has 11 heteroatoms. The number of sulfonamides is 2. The van der Waals surface area contributed by atoms with Crippen LogP contribution in [0.5, 0.6) is 0 Å². The van der Waals surface area contributed by atoms with Crippen LogP contribution in [0.1, 0.15) is 28.8 Å². The van der Waals surface area contributed by atoms with Gasteiger partial charge in [-0.3, -0.25) is 9.63 Å². The third kappa shape index (κ3) is 5.98. The van der Waals surface area contributed by atoms with E-state index in [9.17, 15) is 21.6 Å². The molecule has 1 aliphatic heterocycles. The van der Waals surface area contributed by atoms with Crippen LogP contribution in [0.15, 0.2) is 58.3 Å². The van der Waals surface area contributed by atoms with Crippen LogP contribution >= 0.6 is 0 Å². The highest BCUT2D eigenvalue weighted by atomic mass is 32.2. The zero-order chi connectivity index (χ0) is 24.2. The quantitative estimate of drug-likeness (QED) is 0.561. The Morgan fingerprint density at radius 1 is 1.12 bits per heavy atom. The fourth-order valence-electron chi connectivity index (χ4n) is 3.66. The molecule has 0 aromatic heterocycles. The van der Waals surface area contributed by atoms with Crippen molar-refractivity contribution >= 4 is 26.0 Å². The Morgan fingerprint density at radius 3 is 2.48 bits per heavy atom. The number of aryl methyl sites for hydroxylation is 1. The molecule has 3 rings (SSSR count). The van der Waals surface area contributed by atoms with Crippen LogP contribution in [-0.2, 0) is 24.9 Å². The predicted octanol–water partition coefficient (Wildman–Crippen LogP) is 2.01. The predicted molar refractivity (Wildman–Crippen MR) is 123 cm³/mol. The zero-order valence-corrected chi connectivity index (χ0v) is 20.5. The maximum absolute atomic E-state index is 13.1. The maximum atomic E-state index is 13.1. The van der Waals surface area contributed by atoms with E-state index < -0.39 is 20.0 Å². The van der Waals surface area contributed by atoms with Gasteiger partial charge in [-0.15, -0.1) is 0 Å². The molecular formula is C22H29N3O6S2. The van der Waals surface area contributed by atoms with E-state index in [2.05, 4.69) is 4.72 Å².